The van der Waals surface area contributed by atoms with Crippen molar-refractivity contribution in [2.75, 3.05) is 33.3 Å². The number of carbonyl (C=O) groups excluding carboxylic acids is 1. The van der Waals surface area contributed by atoms with E-state index in [1.165, 1.54) is 13.2 Å². The summed E-state index contributed by atoms with van der Waals surface area (Å²) in [7, 11) is 1.46. The van der Waals surface area contributed by atoms with E-state index in [-0.39, 0.29) is 17.5 Å². The van der Waals surface area contributed by atoms with E-state index in [1.807, 2.05) is 35.2 Å². The number of imidazole rings is 1. The largest absolute Gasteiger partial charge is 0.494 e. The Kier molecular flexibility index (Phi) is 6.28. The van der Waals surface area contributed by atoms with Crippen LogP contribution in [0.5, 0.6) is 5.75 Å². The van der Waals surface area contributed by atoms with Gasteiger partial charge in [0.1, 0.15) is 5.82 Å². The lowest BCUT2D eigenvalue weighted by atomic mass is 10.1. The minimum atomic E-state index is -0.340. The van der Waals surface area contributed by atoms with Crippen LogP contribution in [0.4, 0.5) is 4.39 Å². The number of benzene rings is 2. The molecular weight excluding hydrogens is 383 g/mol. The molecule has 2 heterocycles. The molecule has 0 atom stereocenters. The molecule has 2 aromatic carbocycles. The minimum Gasteiger partial charge on any atom is -0.494 e. The zero-order chi connectivity index (χ0) is 20.9. The van der Waals surface area contributed by atoms with E-state index in [2.05, 4.69) is 14.9 Å². The highest BCUT2D eigenvalue weighted by molar-refractivity contribution is 5.76. The van der Waals surface area contributed by atoms with E-state index in [0.29, 0.717) is 26.1 Å². The molecule has 30 heavy (non-hydrogen) atoms. The lowest BCUT2D eigenvalue weighted by molar-refractivity contribution is -0.133. The van der Waals surface area contributed by atoms with Gasteiger partial charge in [0, 0.05) is 45.6 Å². The first-order valence-corrected chi connectivity index (χ1v) is 10.4. The molecule has 6 nitrogen and oxygen atoms in total. The summed E-state index contributed by atoms with van der Waals surface area (Å²) < 4.78 is 18.8. The molecule has 1 fully saturated rings. The van der Waals surface area contributed by atoms with Crippen molar-refractivity contribution >= 4 is 16.9 Å². The van der Waals surface area contributed by atoms with Gasteiger partial charge in [-0.3, -0.25) is 9.69 Å². The molecular formula is C23H27FN4O2. The minimum absolute atomic E-state index is 0.196. The monoisotopic (exact) mass is 410 g/mol. The van der Waals surface area contributed by atoms with Gasteiger partial charge in [0.15, 0.2) is 11.6 Å². The van der Waals surface area contributed by atoms with Crippen LogP contribution in [0.15, 0.2) is 42.5 Å². The highest BCUT2D eigenvalue weighted by Gasteiger charge is 2.21. The molecule has 158 valence electrons. The molecule has 0 saturated carbocycles. The van der Waals surface area contributed by atoms with Crippen LogP contribution in [0.25, 0.3) is 11.0 Å². The number of methoxy groups -OCH3 is 1. The van der Waals surface area contributed by atoms with Crippen molar-refractivity contribution in [1.29, 1.82) is 0 Å². The van der Waals surface area contributed by atoms with Gasteiger partial charge in [-0.1, -0.05) is 18.2 Å². The zero-order valence-electron chi connectivity index (χ0n) is 17.2. The fourth-order valence-corrected chi connectivity index (χ4v) is 3.91. The summed E-state index contributed by atoms with van der Waals surface area (Å²) in [6, 6.07) is 13.0. The van der Waals surface area contributed by atoms with Crippen molar-refractivity contribution in [2.45, 2.75) is 25.8 Å². The fourth-order valence-electron chi connectivity index (χ4n) is 3.91. The Hall–Kier alpha value is -2.93. The second kappa shape index (κ2) is 9.26. The molecule has 0 bridgehead atoms. The van der Waals surface area contributed by atoms with Gasteiger partial charge < -0.3 is 14.6 Å². The van der Waals surface area contributed by atoms with Crippen LogP contribution in [0, 0.1) is 5.82 Å². The maximum absolute atomic E-state index is 13.9. The summed E-state index contributed by atoms with van der Waals surface area (Å²) in [5, 5.41) is 0. The SMILES string of the molecule is COc1ccc(CN2CCN(C(=O)CCCc3nc4ccccc4[nH]3)CC2)cc1F. The van der Waals surface area contributed by atoms with Gasteiger partial charge >= 0.3 is 0 Å². The van der Waals surface area contributed by atoms with Crippen molar-refractivity contribution < 1.29 is 13.9 Å². The van der Waals surface area contributed by atoms with Crippen LogP contribution < -0.4 is 4.74 Å². The van der Waals surface area contributed by atoms with Gasteiger partial charge in [0.25, 0.3) is 0 Å². The number of nitrogens with one attached hydrogen (secondary N) is 1. The molecule has 1 aliphatic heterocycles. The molecule has 0 spiro atoms. The number of carbonyl (C=O) groups is 1. The molecule has 0 aliphatic carbocycles. The fraction of sp³-hybridized carbons (Fsp3) is 0.391. The summed E-state index contributed by atoms with van der Waals surface area (Å²) in [6.45, 7) is 3.69. The van der Waals surface area contributed by atoms with Crippen LogP contribution in [-0.4, -0.2) is 59.0 Å². The maximum Gasteiger partial charge on any atom is 0.222 e. The van der Waals surface area contributed by atoms with E-state index in [4.69, 9.17) is 4.74 Å². The van der Waals surface area contributed by atoms with Gasteiger partial charge in [0.05, 0.1) is 18.1 Å². The zero-order valence-corrected chi connectivity index (χ0v) is 17.2. The number of H-pyrrole nitrogens is 1. The van der Waals surface area contributed by atoms with E-state index in [1.54, 1.807) is 6.07 Å². The first kappa shape index (κ1) is 20.3. The Balaban J connectivity index is 1.20. The Morgan fingerprint density at radius 3 is 2.70 bits per heavy atom. The number of halogens is 1. The highest BCUT2D eigenvalue weighted by Crippen LogP contribution is 2.19. The van der Waals surface area contributed by atoms with Gasteiger partial charge in [-0.2, -0.15) is 0 Å². The second-order valence-corrected chi connectivity index (χ2v) is 7.68. The number of nitrogens with zero attached hydrogens (tertiary/aromatic N) is 3. The molecule has 1 saturated heterocycles. The molecule has 7 heteroatoms. The molecule has 1 aliphatic rings. The number of hydrogen-bond acceptors (Lipinski definition) is 4. The molecule has 4 rings (SSSR count). The number of fused-ring (bicyclic) bond motifs is 1. The van der Waals surface area contributed by atoms with E-state index in [9.17, 15) is 9.18 Å². The van der Waals surface area contributed by atoms with Crippen LogP contribution in [0.1, 0.15) is 24.2 Å². The van der Waals surface area contributed by atoms with Crippen LogP contribution in [-0.2, 0) is 17.8 Å². The third-order valence-corrected chi connectivity index (χ3v) is 5.59. The van der Waals surface area contributed by atoms with Crippen molar-refractivity contribution in [3.8, 4) is 5.75 Å². The Morgan fingerprint density at radius 1 is 1.17 bits per heavy atom. The molecule has 0 radical (unpaired) electrons. The predicted octanol–water partition coefficient (Wildman–Crippen LogP) is 3.38. The van der Waals surface area contributed by atoms with Crippen LogP contribution >= 0.6 is 0 Å². The van der Waals surface area contributed by atoms with Gasteiger partial charge in [-0.25, -0.2) is 9.37 Å². The smallest absolute Gasteiger partial charge is 0.222 e. The Bertz CT molecular complexity index is 978. The summed E-state index contributed by atoms with van der Waals surface area (Å²) in [5.41, 5.74) is 2.91. The number of para-hydroxylation sites is 2. The number of amides is 1. The maximum atomic E-state index is 13.9. The summed E-state index contributed by atoms with van der Waals surface area (Å²) in [6.07, 6.45) is 2.08. The van der Waals surface area contributed by atoms with Gasteiger partial charge in [-0.15, -0.1) is 0 Å². The van der Waals surface area contributed by atoms with E-state index in [0.717, 1.165) is 48.4 Å². The molecule has 0 unspecified atom stereocenters. The average Bonchev–Trinajstić information content (AvgIpc) is 3.17. The first-order chi connectivity index (χ1) is 14.6. The topological polar surface area (TPSA) is 61.5 Å². The summed E-state index contributed by atoms with van der Waals surface area (Å²) >= 11 is 0. The number of aryl methyl sites for hydroxylation is 1. The first-order valence-electron chi connectivity index (χ1n) is 10.4. The lowest BCUT2D eigenvalue weighted by Gasteiger charge is -2.34. The molecule has 1 aromatic heterocycles. The third-order valence-electron chi connectivity index (χ3n) is 5.59. The van der Waals surface area contributed by atoms with Gasteiger partial charge in [-0.05, 0) is 36.2 Å². The average molecular weight is 410 g/mol. The second-order valence-electron chi connectivity index (χ2n) is 7.68. The summed E-state index contributed by atoms with van der Waals surface area (Å²) in [5.74, 6) is 1.05. The van der Waals surface area contributed by atoms with E-state index < -0.39 is 0 Å². The van der Waals surface area contributed by atoms with Crippen LogP contribution in [0.2, 0.25) is 0 Å². The molecule has 1 amide bonds. The Morgan fingerprint density at radius 2 is 1.97 bits per heavy atom. The predicted molar refractivity (Wildman–Crippen MR) is 114 cm³/mol. The number of aromatic amines is 1. The number of hydrogen-bond donors (Lipinski definition) is 1. The number of piperazine rings is 1. The Labute approximate surface area is 175 Å². The van der Waals surface area contributed by atoms with Gasteiger partial charge in [0.2, 0.25) is 5.91 Å². The third kappa shape index (κ3) is 4.79. The van der Waals surface area contributed by atoms with Crippen molar-refractivity contribution in [1.82, 2.24) is 19.8 Å². The lowest BCUT2D eigenvalue weighted by Crippen LogP contribution is -2.48. The molecule has 1 N–H and O–H groups in total. The van der Waals surface area contributed by atoms with Crippen LogP contribution in [0.3, 0.4) is 0 Å². The number of aromatic nitrogens is 2. The number of ether oxygens (including phenoxy) is 1. The number of rotatable bonds is 7. The molecule has 3 aromatic rings. The van der Waals surface area contributed by atoms with E-state index >= 15 is 0 Å². The standard InChI is InChI=1S/C23H27FN4O2/c1-30-21-10-9-17(15-18(21)24)16-27-11-13-28(14-12-27)23(29)8-4-7-22-25-19-5-2-3-6-20(19)26-22/h2-3,5-6,9-10,15H,4,7-8,11-14,16H2,1H3,(H,25,26). The van der Waals surface area contributed by atoms with Crippen molar-refractivity contribution in [3.63, 3.8) is 0 Å². The van der Waals surface area contributed by atoms with Crippen molar-refractivity contribution in [3.05, 3.63) is 59.7 Å². The normalized spacial score (nSPS) is 14.9. The highest BCUT2D eigenvalue weighted by atomic mass is 19.1. The quantitative estimate of drug-likeness (QED) is 0.649. The van der Waals surface area contributed by atoms with Crippen molar-refractivity contribution in [2.24, 2.45) is 0 Å². The summed E-state index contributed by atoms with van der Waals surface area (Å²) in [4.78, 5) is 24.6.